The molecule has 0 fully saturated rings. The molecule has 0 N–H and O–H groups in total. The summed E-state index contributed by atoms with van der Waals surface area (Å²) < 4.78 is 26.9. The number of anilines is 1. The van der Waals surface area contributed by atoms with Gasteiger partial charge >= 0.3 is 0 Å². The molecule has 1 amide bonds. The van der Waals surface area contributed by atoms with E-state index in [1.165, 1.54) is 48.5 Å². The fraction of sp³-hybridized carbons (Fsp3) is 0. The third kappa shape index (κ3) is 4.56. The molecule has 0 heterocycles. The number of para-hydroxylation sites is 1. The summed E-state index contributed by atoms with van der Waals surface area (Å²) >= 11 is 0. The number of nitro benzene ring substituents is 1. The smallest absolute Gasteiger partial charge is 0.268 e. The zero-order valence-corrected chi connectivity index (χ0v) is 15.9. The normalized spacial score (nSPS) is 11.3. The average molecular weight is 408 g/mol. The lowest BCUT2D eigenvalue weighted by atomic mass is 10.2. The monoisotopic (exact) mass is 408 g/mol. The predicted octanol–water partition coefficient (Wildman–Crippen LogP) is 4.03. The highest BCUT2D eigenvalue weighted by Gasteiger charge is 2.29. The number of hydrogen-bond acceptors (Lipinski definition) is 5. The van der Waals surface area contributed by atoms with Crippen molar-refractivity contribution in [2.45, 2.75) is 4.90 Å². The summed E-state index contributed by atoms with van der Waals surface area (Å²) in [5.74, 6) is -0.799. The van der Waals surface area contributed by atoms with E-state index in [1.54, 1.807) is 42.5 Å². The van der Waals surface area contributed by atoms with Crippen molar-refractivity contribution in [1.29, 1.82) is 0 Å². The molecule has 0 radical (unpaired) electrons. The van der Waals surface area contributed by atoms with Crippen molar-refractivity contribution in [3.63, 3.8) is 0 Å². The van der Waals surface area contributed by atoms with Crippen molar-refractivity contribution < 1.29 is 18.1 Å². The molecule has 0 saturated heterocycles. The largest absolute Gasteiger partial charge is 0.271 e. The zero-order chi connectivity index (χ0) is 20.9. The van der Waals surface area contributed by atoms with Crippen LogP contribution in [0.5, 0.6) is 0 Å². The maximum absolute atomic E-state index is 13.1. The Balaban J connectivity index is 2.00. The van der Waals surface area contributed by atoms with Crippen LogP contribution in [0.1, 0.15) is 5.56 Å². The van der Waals surface area contributed by atoms with Crippen molar-refractivity contribution in [2.75, 3.05) is 4.31 Å². The van der Waals surface area contributed by atoms with Crippen molar-refractivity contribution in [3.05, 3.63) is 107 Å². The van der Waals surface area contributed by atoms with Gasteiger partial charge in [0.2, 0.25) is 0 Å². The highest BCUT2D eigenvalue weighted by atomic mass is 32.2. The molecule has 146 valence electrons. The van der Waals surface area contributed by atoms with Gasteiger partial charge in [-0.05, 0) is 35.9 Å². The van der Waals surface area contributed by atoms with Gasteiger partial charge in [-0.25, -0.2) is 8.42 Å². The first-order chi connectivity index (χ1) is 13.9. The maximum atomic E-state index is 13.1. The van der Waals surface area contributed by atoms with Gasteiger partial charge in [-0.15, -0.1) is 0 Å². The van der Waals surface area contributed by atoms with E-state index in [9.17, 15) is 23.3 Å². The first-order valence-corrected chi connectivity index (χ1v) is 9.95. The first-order valence-electron chi connectivity index (χ1n) is 8.51. The van der Waals surface area contributed by atoms with Crippen LogP contribution in [0.3, 0.4) is 0 Å². The number of carbonyl (C=O) groups excluding carboxylic acids is 1. The summed E-state index contributed by atoms with van der Waals surface area (Å²) in [5.41, 5.74) is 0.458. The van der Waals surface area contributed by atoms with Gasteiger partial charge in [0.25, 0.3) is 21.6 Å². The number of amides is 1. The minimum Gasteiger partial charge on any atom is -0.268 e. The second-order valence-electron chi connectivity index (χ2n) is 5.94. The van der Waals surface area contributed by atoms with Crippen molar-refractivity contribution in [2.24, 2.45) is 0 Å². The number of nitrogens with zero attached hydrogens (tertiary/aromatic N) is 2. The van der Waals surface area contributed by atoms with Crippen molar-refractivity contribution in [3.8, 4) is 0 Å². The van der Waals surface area contributed by atoms with E-state index in [0.717, 1.165) is 6.08 Å². The Morgan fingerprint density at radius 3 is 2.14 bits per heavy atom. The van der Waals surface area contributed by atoms with Crippen LogP contribution < -0.4 is 4.31 Å². The number of carbonyl (C=O) groups is 1. The molecule has 29 heavy (non-hydrogen) atoms. The van der Waals surface area contributed by atoms with E-state index in [4.69, 9.17) is 0 Å². The Bertz CT molecular complexity index is 1160. The van der Waals surface area contributed by atoms with E-state index < -0.39 is 20.9 Å². The highest BCUT2D eigenvalue weighted by molar-refractivity contribution is 7.93. The molecule has 0 atom stereocenters. The summed E-state index contributed by atoms with van der Waals surface area (Å²) in [5, 5.41) is 10.9. The number of hydrogen-bond donors (Lipinski definition) is 0. The average Bonchev–Trinajstić information content (AvgIpc) is 2.74. The summed E-state index contributed by atoms with van der Waals surface area (Å²) in [7, 11) is -4.16. The van der Waals surface area contributed by atoms with Crippen LogP contribution in [-0.2, 0) is 14.8 Å². The van der Waals surface area contributed by atoms with Crippen LogP contribution in [0.4, 0.5) is 11.4 Å². The topological polar surface area (TPSA) is 97.6 Å². The number of non-ortho nitro benzene ring substituents is 1. The summed E-state index contributed by atoms with van der Waals surface area (Å²) in [6.45, 7) is 0. The van der Waals surface area contributed by atoms with Gasteiger partial charge in [0, 0.05) is 18.2 Å². The number of benzene rings is 3. The Morgan fingerprint density at radius 1 is 0.897 bits per heavy atom. The molecule has 3 aromatic rings. The number of sulfonamides is 1. The summed E-state index contributed by atoms with van der Waals surface area (Å²) in [6.07, 6.45) is 2.42. The van der Waals surface area contributed by atoms with Gasteiger partial charge in [0.1, 0.15) is 0 Å². The molecule has 0 bridgehead atoms. The fourth-order valence-electron chi connectivity index (χ4n) is 2.62. The molecule has 3 rings (SSSR count). The Labute approximate surface area is 167 Å². The molecule has 3 aromatic carbocycles. The maximum Gasteiger partial charge on any atom is 0.271 e. The first kappa shape index (κ1) is 20.0. The minimum atomic E-state index is -4.16. The van der Waals surface area contributed by atoms with Crippen LogP contribution in [0, 0.1) is 10.1 Å². The van der Waals surface area contributed by atoms with Crippen LogP contribution >= 0.6 is 0 Å². The van der Waals surface area contributed by atoms with Crippen LogP contribution in [0.15, 0.2) is 95.9 Å². The standard InChI is InChI=1S/C21H16N2O5S/c24-21(15-14-17-8-7-11-19(16-17)23(25)26)22(18-9-3-1-4-10-18)29(27,28)20-12-5-2-6-13-20/h1-16H/b15-14+. The van der Waals surface area contributed by atoms with Crippen LogP contribution in [0.25, 0.3) is 6.08 Å². The molecule has 0 unspecified atom stereocenters. The molecule has 0 aromatic heterocycles. The Hall–Kier alpha value is -3.78. The van der Waals surface area contributed by atoms with Gasteiger partial charge in [0.15, 0.2) is 0 Å². The second-order valence-corrected chi connectivity index (χ2v) is 7.73. The predicted molar refractivity (Wildman–Crippen MR) is 110 cm³/mol. The highest BCUT2D eigenvalue weighted by Crippen LogP contribution is 2.24. The summed E-state index contributed by atoms with van der Waals surface area (Å²) in [6, 6.07) is 21.3. The van der Waals surface area contributed by atoms with E-state index >= 15 is 0 Å². The molecule has 0 saturated carbocycles. The van der Waals surface area contributed by atoms with E-state index in [0.29, 0.717) is 9.87 Å². The Kier molecular flexibility index (Phi) is 5.85. The van der Waals surface area contributed by atoms with E-state index in [-0.39, 0.29) is 16.3 Å². The summed E-state index contributed by atoms with van der Waals surface area (Å²) in [4.78, 5) is 23.2. The molecule has 0 aliphatic carbocycles. The molecular weight excluding hydrogens is 392 g/mol. The van der Waals surface area contributed by atoms with Crippen molar-refractivity contribution >= 4 is 33.4 Å². The number of nitro groups is 1. The van der Waals surface area contributed by atoms with E-state index in [1.807, 2.05) is 0 Å². The molecule has 0 spiro atoms. The molecule has 0 aliphatic rings. The number of rotatable bonds is 6. The van der Waals surface area contributed by atoms with Crippen LogP contribution in [0.2, 0.25) is 0 Å². The third-order valence-electron chi connectivity index (χ3n) is 3.97. The van der Waals surface area contributed by atoms with Gasteiger partial charge in [-0.2, -0.15) is 4.31 Å². The van der Waals surface area contributed by atoms with Crippen LogP contribution in [-0.4, -0.2) is 19.2 Å². The van der Waals surface area contributed by atoms with Gasteiger partial charge in [-0.3, -0.25) is 14.9 Å². The Morgan fingerprint density at radius 2 is 1.52 bits per heavy atom. The fourth-order valence-corrected chi connectivity index (χ4v) is 4.03. The molecular formula is C21H16N2O5S. The third-order valence-corrected chi connectivity index (χ3v) is 5.71. The van der Waals surface area contributed by atoms with Gasteiger partial charge in [-0.1, -0.05) is 48.5 Å². The SMILES string of the molecule is O=C(/C=C/c1cccc([N+](=O)[O-])c1)N(c1ccccc1)S(=O)(=O)c1ccccc1. The van der Waals surface area contributed by atoms with E-state index in [2.05, 4.69) is 0 Å². The quantitative estimate of drug-likeness (QED) is 0.348. The second kappa shape index (κ2) is 8.49. The molecule has 8 heteroatoms. The molecule has 7 nitrogen and oxygen atoms in total. The van der Waals surface area contributed by atoms with Gasteiger partial charge < -0.3 is 0 Å². The minimum absolute atomic E-state index is 0.0269. The zero-order valence-electron chi connectivity index (χ0n) is 15.1. The molecule has 0 aliphatic heterocycles. The lowest BCUT2D eigenvalue weighted by molar-refractivity contribution is -0.384. The van der Waals surface area contributed by atoms with Crippen molar-refractivity contribution in [1.82, 2.24) is 0 Å². The lowest BCUT2D eigenvalue weighted by Crippen LogP contribution is -2.35. The lowest BCUT2D eigenvalue weighted by Gasteiger charge is -2.21. The van der Waals surface area contributed by atoms with Gasteiger partial charge in [0.05, 0.1) is 15.5 Å².